The van der Waals surface area contributed by atoms with Gasteiger partial charge in [0.2, 0.25) is 0 Å². The molecule has 2 aromatic rings. The third-order valence-corrected chi connectivity index (χ3v) is 3.71. The first kappa shape index (κ1) is 11.2. The quantitative estimate of drug-likeness (QED) is 0.777. The lowest BCUT2D eigenvalue weighted by molar-refractivity contribution is 0.101. The van der Waals surface area contributed by atoms with Crippen LogP contribution in [0, 0.1) is 0 Å². The first-order valence-electron chi connectivity index (χ1n) is 5.57. The molecule has 0 unspecified atom stereocenters. The molecule has 1 amide bonds. The Morgan fingerprint density at radius 1 is 0.944 bits per heavy atom. The van der Waals surface area contributed by atoms with Gasteiger partial charge < -0.3 is 0 Å². The fourth-order valence-electron chi connectivity index (χ4n) is 2.17. The number of para-hydroxylation sites is 1. The van der Waals surface area contributed by atoms with Gasteiger partial charge in [0.05, 0.1) is 11.4 Å². The zero-order valence-corrected chi connectivity index (χ0v) is 11.1. The first-order valence-corrected chi connectivity index (χ1v) is 6.37. The maximum Gasteiger partial charge on any atom is 0.263 e. The number of carbonyl (C=O) groups excluding carboxylic acids is 1. The Hall–Kier alpha value is -1.87. The van der Waals surface area contributed by atoms with Crippen LogP contribution in [-0.4, -0.2) is 5.91 Å². The third kappa shape index (κ3) is 1.51. The van der Waals surface area contributed by atoms with Crippen LogP contribution in [0.4, 0.5) is 5.69 Å². The highest BCUT2D eigenvalue weighted by Crippen LogP contribution is 2.38. The summed E-state index contributed by atoms with van der Waals surface area (Å²) in [5.41, 5.74) is 3.16. The molecule has 0 saturated carbocycles. The van der Waals surface area contributed by atoms with Crippen molar-refractivity contribution in [1.82, 2.24) is 0 Å². The molecular weight excluding hydrogens is 290 g/mol. The van der Waals surface area contributed by atoms with Crippen molar-refractivity contribution in [2.45, 2.75) is 0 Å². The van der Waals surface area contributed by atoms with E-state index >= 15 is 0 Å². The highest BCUT2D eigenvalue weighted by molar-refractivity contribution is 9.10. The molecule has 0 bridgehead atoms. The van der Waals surface area contributed by atoms with Crippen molar-refractivity contribution in [3.8, 4) is 0 Å². The van der Waals surface area contributed by atoms with E-state index in [1.165, 1.54) is 0 Å². The summed E-state index contributed by atoms with van der Waals surface area (Å²) in [6.07, 6.45) is 0. The van der Waals surface area contributed by atoms with E-state index in [9.17, 15) is 4.79 Å². The normalized spacial score (nSPS) is 13.9. The molecule has 0 radical (unpaired) electrons. The van der Waals surface area contributed by atoms with Gasteiger partial charge >= 0.3 is 0 Å². The topological polar surface area (TPSA) is 20.3 Å². The van der Waals surface area contributed by atoms with Crippen LogP contribution < -0.4 is 4.90 Å². The molecule has 3 heteroatoms. The van der Waals surface area contributed by atoms with Crippen molar-refractivity contribution in [2.24, 2.45) is 0 Å². The van der Waals surface area contributed by atoms with E-state index in [0.717, 1.165) is 21.4 Å². The monoisotopic (exact) mass is 299 g/mol. The third-order valence-electron chi connectivity index (χ3n) is 3.03. The molecule has 2 aromatic carbocycles. The van der Waals surface area contributed by atoms with E-state index < -0.39 is 0 Å². The number of carbonyl (C=O) groups is 1. The minimum atomic E-state index is -0.0255. The summed E-state index contributed by atoms with van der Waals surface area (Å²) in [6, 6.07) is 15.2. The van der Waals surface area contributed by atoms with Gasteiger partial charge in [0.1, 0.15) is 0 Å². The van der Waals surface area contributed by atoms with E-state index in [1.54, 1.807) is 4.90 Å². The second-order valence-electron chi connectivity index (χ2n) is 4.08. The number of benzene rings is 2. The summed E-state index contributed by atoms with van der Waals surface area (Å²) in [7, 11) is 0. The average molecular weight is 300 g/mol. The lowest BCUT2D eigenvalue weighted by Crippen LogP contribution is -2.22. The van der Waals surface area contributed by atoms with Crippen LogP contribution in [0.15, 0.2) is 59.6 Å². The van der Waals surface area contributed by atoms with E-state index in [4.69, 9.17) is 0 Å². The number of fused-ring (bicyclic) bond motifs is 1. The molecule has 3 rings (SSSR count). The van der Waals surface area contributed by atoms with Crippen molar-refractivity contribution in [3.05, 3.63) is 70.7 Å². The summed E-state index contributed by atoms with van der Waals surface area (Å²) in [4.78, 5) is 14.1. The molecular formula is C15H10BrNO. The zero-order valence-electron chi connectivity index (χ0n) is 9.56. The van der Waals surface area contributed by atoms with Gasteiger partial charge in [0.15, 0.2) is 0 Å². The van der Waals surface area contributed by atoms with Crippen molar-refractivity contribution in [2.75, 3.05) is 4.90 Å². The van der Waals surface area contributed by atoms with Gasteiger partial charge in [0, 0.05) is 15.6 Å². The number of nitrogens with zero attached hydrogens (tertiary/aromatic N) is 1. The van der Waals surface area contributed by atoms with Crippen LogP contribution in [0.25, 0.3) is 5.70 Å². The first-order chi connectivity index (χ1) is 8.70. The molecule has 0 N–H and O–H groups in total. The SMILES string of the molecule is C=C1c2ccccc2C(=O)N1c1ccccc1Br. The predicted octanol–water partition coefficient (Wildman–Crippen LogP) is 4.08. The molecule has 0 aliphatic carbocycles. The Labute approximate surface area is 114 Å². The van der Waals surface area contributed by atoms with Crippen LogP contribution in [0.1, 0.15) is 15.9 Å². The minimum absolute atomic E-state index is 0.0255. The molecule has 1 heterocycles. The van der Waals surface area contributed by atoms with E-state index in [1.807, 2.05) is 48.5 Å². The molecule has 0 aromatic heterocycles. The molecule has 0 atom stereocenters. The van der Waals surface area contributed by atoms with E-state index in [2.05, 4.69) is 22.5 Å². The Balaban J connectivity index is 2.16. The maximum absolute atomic E-state index is 12.4. The summed E-state index contributed by atoms with van der Waals surface area (Å²) >= 11 is 3.47. The Bertz CT molecular complexity index is 628. The summed E-state index contributed by atoms with van der Waals surface area (Å²) in [5, 5.41) is 0. The molecule has 1 aliphatic heterocycles. The van der Waals surface area contributed by atoms with Gasteiger partial charge in [-0.3, -0.25) is 9.69 Å². The molecule has 1 aliphatic rings. The Kier molecular flexibility index (Phi) is 2.56. The average Bonchev–Trinajstić information content (AvgIpc) is 2.64. The van der Waals surface area contributed by atoms with Crippen LogP contribution in [0.5, 0.6) is 0 Å². The molecule has 0 saturated heterocycles. The van der Waals surface area contributed by atoms with Crippen LogP contribution >= 0.6 is 15.9 Å². The van der Waals surface area contributed by atoms with Crippen molar-refractivity contribution in [3.63, 3.8) is 0 Å². The molecule has 0 fully saturated rings. The van der Waals surface area contributed by atoms with Gasteiger partial charge in [-0.25, -0.2) is 0 Å². The number of hydrogen-bond acceptors (Lipinski definition) is 1. The number of hydrogen-bond donors (Lipinski definition) is 0. The molecule has 0 spiro atoms. The van der Waals surface area contributed by atoms with Crippen molar-refractivity contribution in [1.29, 1.82) is 0 Å². The maximum atomic E-state index is 12.4. The summed E-state index contributed by atoms with van der Waals surface area (Å²) < 4.78 is 0.882. The zero-order chi connectivity index (χ0) is 12.7. The molecule has 88 valence electrons. The summed E-state index contributed by atoms with van der Waals surface area (Å²) in [5.74, 6) is -0.0255. The van der Waals surface area contributed by atoms with Gasteiger partial charge in [0.25, 0.3) is 5.91 Å². The van der Waals surface area contributed by atoms with Gasteiger partial charge in [-0.05, 0) is 34.1 Å². The minimum Gasteiger partial charge on any atom is -0.276 e. The summed E-state index contributed by atoms with van der Waals surface area (Å²) in [6.45, 7) is 4.03. The molecule has 2 nitrogen and oxygen atoms in total. The molecule has 18 heavy (non-hydrogen) atoms. The Morgan fingerprint density at radius 3 is 2.22 bits per heavy atom. The smallest absolute Gasteiger partial charge is 0.263 e. The van der Waals surface area contributed by atoms with Gasteiger partial charge in [-0.1, -0.05) is 36.9 Å². The van der Waals surface area contributed by atoms with Crippen LogP contribution in [0.2, 0.25) is 0 Å². The van der Waals surface area contributed by atoms with Crippen LogP contribution in [0.3, 0.4) is 0 Å². The number of rotatable bonds is 1. The van der Waals surface area contributed by atoms with Crippen molar-refractivity contribution < 1.29 is 4.79 Å². The van der Waals surface area contributed by atoms with E-state index in [-0.39, 0.29) is 5.91 Å². The van der Waals surface area contributed by atoms with E-state index in [0.29, 0.717) is 5.56 Å². The van der Waals surface area contributed by atoms with Gasteiger partial charge in [-0.15, -0.1) is 0 Å². The number of amides is 1. The van der Waals surface area contributed by atoms with Crippen LogP contribution in [-0.2, 0) is 0 Å². The fourth-order valence-corrected chi connectivity index (χ4v) is 2.63. The lowest BCUT2D eigenvalue weighted by atomic mass is 10.1. The highest BCUT2D eigenvalue weighted by atomic mass is 79.9. The second kappa shape index (κ2) is 4.10. The largest absolute Gasteiger partial charge is 0.276 e. The van der Waals surface area contributed by atoms with Gasteiger partial charge in [-0.2, -0.15) is 0 Å². The fraction of sp³-hybridized carbons (Fsp3) is 0. The van der Waals surface area contributed by atoms with Crippen molar-refractivity contribution >= 4 is 33.2 Å². The highest BCUT2D eigenvalue weighted by Gasteiger charge is 2.32. The number of anilines is 1. The standard InChI is InChI=1S/C15H10BrNO/c1-10-11-6-2-3-7-12(11)15(18)17(10)14-9-5-4-8-13(14)16/h2-9H,1H2. The predicted molar refractivity (Wildman–Crippen MR) is 76.4 cm³/mol. The number of halogens is 1. The Morgan fingerprint density at radius 2 is 1.56 bits per heavy atom. The lowest BCUT2D eigenvalue weighted by Gasteiger charge is -2.18. The second-order valence-corrected chi connectivity index (χ2v) is 4.94.